The third-order valence-electron chi connectivity index (χ3n) is 7.12. The van der Waals surface area contributed by atoms with Gasteiger partial charge < -0.3 is 19.6 Å². The van der Waals surface area contributed by atoms with E-state index in [4.69, 9.17) is 4.74 Å². The molecule has 1 saturated carbocycles. The van der Waals surface area contributed by atoms with Crippen LogP contribution in [0.5, 0.6) is 0 Å². The highest BCUT2D eigenvalue weighted by Crippen LogP contribution is 2.55. The van der Waals surface area contributed by atoms with E-state index < -0.39 is 5.54 Å². The van der Waals surface area contributed by atoms with Crippen molar-refractivity contribution in [3.05, 3.63) is 59.9 Å². The molecule has 2 atom stereocenters. The average molecular weight is 438 g/mol. The van der Waals surface area contributed by atoms with Gasteiger partial charge in [-0.2, -0.15) is 0 Å². The number of rotatable bonds is 6. The minimum Gasteiger partial charge on any atom is -0.394 e. The van der Waals surface area contributed by atoms with Gasteiger partial charge in [-0.25, -0.2) is 4.39 Å². The minimum absolute atomic E-state index is 0.0209. The number of hydrogen-bond acceptors (Lipinski definition) is 4. The Balaban J connectivity index is 1.42. The van der Waals surface area contributed by atoms with Crippen LogP contribution in [0.15, 0.2) is 48.5 Å². The first-order valence-corrected chi connectivity index (χ1v) is 11.0. The molecule has 32 heavy (non-hydrogen) atoms. The van der Waals surface area contributed by atoms with Crippen molar-refractivity contribution in [3.63, 3.8) is 0 Å². The molecule has 2 aliphatic heterocycles. The fourth-order valence-corrected chi connectivity index (χ4v) is 5.41. The third kappa shape index (κ3) is 3.31. The lowest BCUT2D eigenvalue weighted by Crippen LogP contribution is -2.86. The van der Waals surface area contributed by atoms with Gasteiger partial charge in [0.1, 0.15) is 12.4 Å². The Kier molecular flexibility index (Phi) is 5.26. The molecule has 2 amide bonds. The van der Waals surface area contributed by atoms with Gasteiger partial charge in [0.15, 0.2) is 0 Å². The Morgan fingerprint density at radius 2 is 1.66 bits per heavy atom. The summed E-state index contributed by atoms with van der Waals surface area (Å²) in [5.74, 6) is -0.266. The second kappa shape index (κ2) is 7.98. The molecule has 2 aromatic carbocycles. The van der Waals surface area contributed by atoms with Gasteiger partial charge in [0.2, 0.25) is 11.8 Å². The molecule has 1 aliphatic carbocycles. The van der Waals surface area contributed by atoms with Gasteiger partial charge >= 0.3 is 0 Å². The summed E-state index contributed by atoms with van der Waals surface area (Å²) in [4.78, 5) is 29.0. The zero-order chi connectivity index (χ0) is 22.5. The molecule has 2 heterocycles. The quantitative estimate of drug-likeness (QED) is 0.752. The van der Waals surface area contributed by atoms with Crippen molar-refractivity contribution >= 4 is 11.8 Å². The fourth-order valence-electron chi connectivity index (χ4n) is 5.41. The molecule has 0 aromatic heterocycles. The number of hydrogen-bond donors (Lipinski definition) is 1. The Labute approximate surface area is 186 Å². The molecule has 2 saturated heterocycles. The number of ether oxygens (including phenoxy) is 1. The molecule has 2 aromatic rings. The maximum Gasteiger partial charge on any atom is 0.248 e. The van der Waals surface area contributed by atoms with E-state index in [0.29, 0.717) is 13.1 Å². The smallest absolute Gasteiger partial charge is 0.248 e. The van der Waals surface area contributed by atoms with E-state index in [1.165, 1.54) is 19.2 Å². The number of likely N-dealkylation sites (tertiary alicyclic amines) is 2. The van der Waals surface area contributed by atoms with Gasteiger partial charge in [-0.3, -0.25) is 9.59 Å². The number of benzene rings is 2. The number of carbonyl (C=O) groups is 2. The fraction of sp³-hybridized carbons (Fsp3) is 0.440. The summed E-state index contributed by atoms with van der Waals surface area (Å²) >= 11 is 0. The van der Waals surface area contributed by atoms with Crippen LogP contribution in [0, 0.1) is 11.7 Å². The maximum atomic E-state index is 13.2. The van der Waals surface area contributed by atoms with Crippen molar-refractivity contribution < 1.29 is 23.8 Å². The van der Waals surface area contributed by atoms with Crippen LogP contribution < -0.4 is 0 Å². The van der Waals surface area contributed by atoms with Gasteiger partial charge in [-0.1, -0.05) is 36.4 Å². The molecule has 1 N–H and O–H groups in total. The minimum atomic E-state index is -0.478. The van der Waals surface area contributed by atoms with Crippen LogP contribution in [-0.2, 0) is 14.3 Å². The lowest BCUT2D eigenvalue weighted by molar-refractivity contribution is -0.205. The molecular weight excluding hydrogens is 411 g/mol. The van der Waals surface area contributed by atoms with Crippen LogP contribution in [-0.4, -0.2) is 71.7 Å². The number of amides is 2. The zero-order valence-corrected chi connectivity index (χ0v) is 18.0. The molecule has 5 rings (SSSR count). The molecule has 0 radical (unpaired) electrons. The van der Waals surface area contributed by atoms with Crippen LogP contribution in [0.3, 0.4) is 0 Å². The summed E-state index contributed by atoms with van der Waals surface area (Å²) in [6.45, 7) is 0.812. The normalized spacial score (nSPS) is 23.6. The highest BCUT2D eigenvalue weighted by atomic mass is 19.1. The van der Waals surface area contributed by atoms with Gasteiger partial charge in [0.05, 0.1) is 18.2 Å². The van der Waals surface area contributed by atoms with Crippen LogP contribution >= 0.6 is 0 Å². The van der Waals surface area contributed by atoms with Crippen LogP contribution in [0.4, 0.5) is 4.39 Å². The van der Waals surface area contributed by atoms with Crippen molar-refractivity contribution in [2.75, 3.05) is 33.4 Å². The van der Waals surface area contributed by atoms with E-state index in [1.807, 2.05) is 29.2 Å². The summed E-state index contributed by atoms with van der Waals surface area (Å²) in [6.07, 6.45) is 1.79. The number of halogens is 1. The van der Waals surface area contributed by atoms with E-state index >= 15 is 0 Å². The molecule has 0 bridgehead atoms. The Morgan fingerprint density at radius 1 is 1.06 bits per heavy atom. The van der Waals surface area contributed by atoms with Crippen LogP contribution in [0.25, 0.3) is 11.1 Å². The lowest BCUT2D eigenvalue weighted by atomic mass is 9.60. The Morgan fingerprint density at radius 3 is 2.19 bits per heavy atom. The SMILES string of the molecule is COCC(=O)N1CC2(C1)[C@@H](c1ccc(-c3ccc(F)cc3)cc1)[C@H](CO)N2C(=O)C1CC1. The summed E-state index contributed by atoms with van der Waals surface area (Å²) < 4.78 is 18.2. The van der Waals surface area contributed by atoms with E-state index in [-0.39, 0.29) is 48.7 Å². The van der Waals surface area contributed by atoms with Gasteiger partial charge in [0.25, 0.3) is 0 Å². The second-order valence-electron chi connectivity index (χ2n) is 9.13. The Bertz CT molecular complexity index is 1010. The van der Waals surface area contributed by atoms with Gasteiger partial charge in [0, 0.05) is 32.0 Å². The largest absolute Gasteiger partial charge is 0.394 e. The number of aliphatic hydroxyl groups excluding tert-OH is 1. The first-order chi connectivity index (χ1) is 15.5. The van der Waals surface area contributed by atoms with Crippen molar-refractivity contribution in [3.8, 4) is 11.1 Å². The van der Waals surface area contributed by atoms with Crippen molar-refractivity contribution in [2.24, 2.45) is 5.92 Å². The standard InChI is InChI=1S/C25H27FN2O4/c1-32-13-22(30)27-14-25(15-27)23(21(12-29)28(25)24(31)19-6-7-19)18-4-2-16(3-5-18)17-8-10-20(26)11-9-17/h2-5,8-11,19,21,23,29H,6-7,12-15H2,1H3/t21-,23-/m0/s1. The average Bonchev–Trinajstić information content (AvgIpc) is 3.59. The monoisotopic (exact) mass is 438 g/mol. The number of carbonyl (C=O) groups excluding carboxylic acids is 2. The Hall–Kier alpha value is -2.77. The third-order valence-corrected chi connectivity index (χ3v) is 7.12. The van der Waals surface area contributed by atoms with Crippen molar-refractivity contribution in [1.29, 1.82) is 0 Å². The predicted octanol–water partition coefficient (Wildman–Crippen LogP) is 2.42. The number of nitrogens with zero attached hydrogens (tertiary/aromatic N) is 2. The summed E-state index contributed by atoms with van der Waals surface area (Å²) in [6, 6.07) is 14.1. The molecule has 168 valence electrons. The zero-order valence-electron chi connectivity index (χ0n) is 18.0. The van der Waals surface area contributed by atoms with Crippen molar-refractivity contribution in [2.45, 2.75) is 30.3 Å². The van der Waals surface area contributed by atoms with Gasteiger partial charge in [-0.05, 0) is 41.7 Å². The highest BCUT2D eigenvalue weighted by Gasteiger charge is 2.68. The second-order valence-corrected chi connectivity index (χ2v) is 9.13. The molecule has 0 unspecified atom stereocenters. The molecule has 3 aliphatic rings. The van der Waals surface area contributed by atoms with E-state index in [1.54, 1.807) is 17.0 Å². The maximum absolute atomic E-state index is 13.2. The molecule has 3 fully saturated rings. The molecule has 1 spiro atoms. The number of aliphatic hydroxyl groups is 1. The van der Waals surface area contributed by atoms with E-state index in [0.717, 1.165) is 29.5 Å². The van der Waals surface area contributed by atoms with Crippen LogP contribution in [0.1, 0.15) is 24.3 Å². The molecule has 6 nitrogen and oxygen atoms in total. The predicted molar refractivity (Wildman–Crippen MR) is 116 cm³/mol. The van der Waals surface area contributed by atoms with Crippen LogP contribution in [0.2, 0.25) is 0 Å². The summed E-state index contributed by atoms with van der Waals surface area (Å²) in [5.41, 5.74) is 2.45. The summed E-state index contributed by atoms with van der Waals surface area (Å²) in [7, 11) is 1.49. The number of methoxy groups -OCH3 is 1. The lowest BCUT2D eigenvalue weighted by Gasteiger charge is -2.70. The van der Waals surface area contributed by atoms with E-state index in [2.05, 4.69) is 0 Å². The highest BCUT2D eigenvalue weighted by molar-refractivity contribution is 5.86. The van der Waals surface area contributed by atoms with Gasteiger partial charge in [-0.15, -0.1) is 0 Å². The topological polar surface area (TPSA) is 70.1 Å². The molecular formula is C25H27FN2O4. The first kappa shape index (κ1) is 21.1. The summed E-state index contributed by atoms with van der Waals surface area (Å²) in [5, 5.41) is 10.2. The van der Waals surface area contributed by atoms with Crippen molar-refractivity contribution in [1.82, 2.24) is 9.80 Å². The van der Waals surface area contributed by atoms with E-state index in [9.17, 15) is 19.1 Å². The molecule has 7 heteroatoms. The first-order valence-electron chi connectivity index (χ1n) is 11.0.